The van der Waals surface area contributed by atoms with Crippen LogP contribution < -0.4 is 5.73 Å². The smallest absolute Gasteiger partial charge is 0.0462 e. The average Bonchev–Trinajstić information content (AvgIpc) is 2.10. The molecular formula is C9H21NOS. The van der Waals surface area contributed by atoms with E-state index in [9.17, 15) is 0 Å². The Kier molecular flexibility index (Phi) is 9.57. The molecule has 1 unspecified atom stereocenters. The van der Waals surface area contributed by atoms with Gasteiger partial charge in [-0.15, -0.1) is 0 Å². The standard InChI is InChI=1S/C9H21NOS/c1-9(7-10)8-12-6-4-3-5-11-2/h9H,3-8,10H2,1-2H3. The normalized spacial score (nSPS) is 13.2. The molecule has 0 aliphatic rings. The third-order valence-electron chi connectivity index (χ3n) is 1.69. The number of methoxy groups -OCH3 is 1. The molecule has 0 aromatic rings. The molecular weight excluding hydrogens is 170 g/mol. The lowest BCUT2D eigenvalue weighted by atomic mass is 10.2. The Hall–Kier alpha value is 0.270. The zero-order valence-electron chi connectivity index (χ0n) is 8.21. The van der Waals surface area contributed by atoms with Crippen molar-refractivity contribution in [1.82, 2.24) is 0 Å². The predicted molar refractivity (Wildman–Crippen MR) is 56.7 cm³/mol. The van der Waals surface area contributed by atoms with Crippen LogP contribution in [0.1, 0.15) is 19.8 Å². The van der Waals surface area contributed by atoms with Crippen LogP contribution in [0.5, 0.6) is 0 Å². The maximum Gasteiger partial charge on any atom is 0.0462 e. The molecule has 0 fully saturated rings. The van der Waals surface area contributed by atoms with Crippen molar-refractivity contribution in [2.45, 2.75) is 19.8 Å². The van der Waals surface area contributed by atoms with Gasteiger partial charge in [-0.1, -0.05) is 6.92 Å². The van der Waals surface area contributed by atoms with Crippen molar-refractivity contribution in [1.29, 1.82) is 0 Å². The van der Waals surface area contributed by atoms with Crippen LogP contribution in [0.4, 0.5) is 0 Å². The van der Waals surface area contributed by atoms with Crippen molar-refractivity contribution in [2.24, 2.45) is 11.7 Å². The number of hydrogen-bond acceptors (Lipinski definition) is 3. The Morgan fingerprint density at radius 1 is 1.42 bits per heavy atom. The summed E-state index contributed by atoms with van der Waals surface area (Å²) in [6, 6.07) is 0. The molecule has 0 bridgehead atoms. The molecule has 0 aliphatic heterocycles. The van der Waals surface area contributed by atoms with Crippen LogP contribution in [0.15, 0.2) is 0 Å². The third-order valence-corrected chi connectivity index (χ3v) is 3.07. The van der Waals surface area contributed by atoms with Gasteiger partial charge >= 0.3 is 0 Å². The Labute approximate surface area is 80.2 Å². The Morgan fingerprint density at radius 2 is 2.17 bits per heavy atom. The van der Waals surface area contributed by atoms with Gasteiger partial charge in [-0.2, -0.15) is 11.8 Å². The second-order valence-corrected chi connectivity index (χ2v) is 4.27. The highest BCUT2D eigenvalue weighted by molar-refractivity contribution is 7.99. The average molecular weight is 191 g/mol. The van der Waals surface area contributed by atoms with Crippen LogP contribution >= 0.6 is 11.8 Å². The van der Waals surface area contributed by atoms with Crippen molar-refractivity contribution < 1.29 is 4.74 Å². The van der Waals surface area contributed by atoms with Gasteiger partial charge in [0.15, 0.2) is 0 Å². The fourth-order valence-corrected chi connectivity index (χ4v) is 1.92. The van der Waals surface area contributed by atoms with E-state index in [1.807, 2.05) is 11.8 Å². The fourth-order valence-electron chi connectivity index (χ4n) is 0.803. The first-order valence-corrected chi connectivity index (χ1v) is 5.73. The van der Waals surface area contributed by atoms with Gasteiger partial charge in [0.25, 0.3) is 0 Å². The molecule has 0 radical (unpaired) electrons. The summed E-state index contributed by atoms with van der Waals surface area (Å²) < 4.78 is 4.96. The van der Waals surface area contributed by atoms with Crippen LogP contribution in [0, 0.1) is 5.92 Å². The van der Waals surface area contributed by atoms with Crippen molar-refractivity contribution in [2.75, 3.05) is 31.8 Å². The van der Waals surface area contributed by atoms with E-state index < -0.39 is 0 Å². The monoisotopic (exact) mass is 191 g/mol. The van der Waals surface area contributed by atoms with E-state index in [-0.39, 0.29) is 0 Å². The van der Waals surface area contributed by atoms with Crippen molar-refractivity contribution in [3.63, 3.8) is 0 Å². The van der Waals surface area contributed by atoms with Crippen LogP contribution in [0.25, 0.3) is 0 Å². The number of ether oxygens (including phenoxy) is 1. The summed E-state index contributed by atoms with van der Waals surface area (Å²) in [6.45, 7) is 3.90. The molecule has 0 aliphatic carbocycles. The summed E-state index contributed by atoms with van der Waals surface area (Å²) in [6.07, 6.45) is 2.44. The van der Waals surface area contributed by atoms with E-state index >= 15 is 0 Å². The highest BCUT2D eigenvalue weighted by atomic mass is 32.2. The first kappa shape index (κ1) is 12.3. The molecule has 0 saturated carbocycles. The van der Waals surface area contributed by atoms with Gasteiger partial charge < -0.3 is 10.5 Å². The maximum absolute atomic E-state index is 5.50. The van der Waals surface area contributed by atoms with Crippen molar-refractivity contribution in [3.8, 4) is 0 Å². The van der Waals surface area contributed by atoms with Gasteiger partial charge in [0, 0.05) is 13.7 Å². The quantitative estimate of drug-likeness (QED) is 0.594. The number of nitrogens with two attached hydrogens (primary N) is 1. The lowest BCUT2D eigenvalue weighted by Gasteiger charge is -2.06. The molecule has 0 saturated heterocycles. The summed E-state index contributed by atoms with van der Waals surface area (Å²) in [7, 11) is 1.75. The summed E-state index contributed by atoms with van der Waals surface area (Å²) in [5.74, 6) is 3.11. The Morgan fingerprint density at radius 3 is 2.75 bits per heavy atom. The van der Waals surface area contributed by atoms with Gasteiger partial charge in [0.2, 0.25) is 0 Å². The minimum absolute atomic E-state index is 0.664. The molecule has 0 amide bonds. The van der Waals surface area contributed by atoms with Gasteiger partial charge in [0.05, 0.1) is 0 Å². The van der Waals surface area contributed by atoms with Crippen LogP contribution in [0.2, 0.25) is 0 Å². The van der Waals surface area contributed by atoms with Crippen LogP contribution in [0.3, 0.4) is 0 Å². The third kappa shape index (κ3) is 8.37. The summed E-state index contributed by atoms with van der Waals surface area (Å²) in [4.78, 5) is 0. The van der Waals surface area contributed by atoms with Crippen molar-refractivity contribution in [3.05, 3.63) is 0 Å². The molecule has 2 N–H and O–H groups in total. The van der Waals surface area contributed by atoms with Gasteiger partial charge in [-0.25, -0.2) is 0 Å². The van der Waals surface area contributed by atoms with E-state index in [1.165, 1.54) is 24.3 Å². The molecule has 0 rings (SSSR count). The van der Waals surface area contributed by atoms with E-state index in [4.69, 9.17) is 10.5 Å². The number of hydrogen-bond donors (Lipinski definition) is 1. The van der Waals surface area contributed by atoms with E-state index in [2.05, 4.69) is 6.92 Å². The minimum atomic E-state index is 0.664. The molecule has 0 spiro atoms. The first-order chi connectivity index (χ1) is 5.81. The molecule has 3 heteroatoms. The van der Waals surface area contributed by atoms with Gasteiger partial charge in [0.1, 0.15) is 0 Å². The largest absolute Gasteiger partial charge is 0.385 e. The zero-order valence-corrected chi connectivity index (χ0v) is 9.03. The molecule has 0 aromatic carbocycles. The van der Waals surface area contributed by atoms with E-state index in [0.717, 1.165) is 13.2 Å². The molecule has 0 heterocycles. The topological polar surface area (TPSA) is 35.2 Å². The highest BCUT2D eigenvalue weighted by Crippen LogP contribution is 2.09. The van der Waals surface area contributed by atoms with E-state index in [0.29, 0.717) is 5.92 Å². The second-order valence-electron chi connectivity index (χ2n) is 3.12. The Balaban J connectivity index is 2.90. The Bertz CT molecular complexity index is 90.6. The van der Waals surface area contributed by atoms with Crippen LogP contribution in [-0.2, 0) is 4.74 Å². The molecule has 12 heavy (non-hydrogen) atoms. The lowest BCUT2D eigenvalue weighted by Crippen LogP contribution is -2.12. The summed E-state index contributed by atoms with van der Waals surface area (Å²) in [5, 5.41) is 0. The van der Waals surface area contributed by atoms with Gasteiger partial charge in [-0.3, -0.25) is 0 Å². The molecule has 2 nitrogen and oxygen atoms in total. The first-order valence-electron chi connectivity index (χ1n) is 4.58. The fraction of sp³-hybridized carbons (Fsp3) is 1.00. The second kappa shape index (κ2) is 9.36. The highest BCUT2D eigenvalue weighted by Gasteiger charge is 1.97. The number of thioether (sulfide) groups is 1. The lowest BCUT2D eigenvalue weighted by molar-refractivity contribution is 0.194. The maximum atomic E-state index is 5.50. The summed E-state index contributed by atoms with van der Waals surface area (Å²) in [5.41, 5.74) is 5.50. The minimum Gasteiger partial charge on any atom is -0.385 e. The van der Waals surface area contributed by atoms with Crippen molar-refractivity contribution >= 4 is 11.8 Å². The van der Waals surface area contributed by atoms with Crippen LogP contribution in [-0.4, -0.2) is 31.8 Å². The number of unbranched alkanes of at least 4 members (excludes halogenated alkanes) is 1. The molecule has 74 valence electrons. The molecule has 1 atom stereocenters. The zero-order chi connectivity index (χ0) is 9.23. The summed E-state index contributed by atoms with van der Waals surface area (Å²) >= 11 is 2.00. The predicted octanol–water partition coefficient (Wildman–Crippen LogP) is 1.74. The van der Waals surface area contributed by atoms with E-state index in [1.54, 1.807) is 7.11 Å². The van der Waals surface area contributed by atoms with Gasteiger partial charge in [-0.05, 0) is 36.8 Å². The SMILES string of the molecule is COCCCCSCC(C)CN. The molecule has 0 aromatic heterocycles. The number of rotatable bonds is 8.